The van der Waals surface area contributed by atoms with Crippen LogP contribution < -0.4 is 5.32 Å². The van der Waals surface area contributed by atoms with Gasteiger partial charge in [-0.05, 0) is 18.1 Å². The van der Waals surface area contributed by atoms with Crippen LogP contribution in [0.5, 0.6) is 0 Å². The number of tetrazole rings is 1. The van der Waals surface area contributed by atoms with E-state index in [-0.39, 0.29) is 12.5 Å². The van der Waals surface area contributed by atoms with Gasteiger partial charge in [0.05, 0.1) is 12.2 Å². The second kappa shape index (κ2) is 7.47. The molecule has 2 heterocycles. The van der Waals surface area contributed by atoms with Gasteiger partial charge in [0.25, 0.3) is 0 Å². The van der Waals surface area contributed by atoms with E-state index >= 15 is 0 Å². The maximum absolute atomic E-state index is 12.4. The molecule has 2 aromatic heterocycles. The summed E-state index contributed by atoms with van der Waals surface area (Å²) >= 11 is 0. The van der Waals surface area contributed by atoms with Crippen LogP contribution in [0.15, 0.2) is 42.6 Å². The van der Waals surface area contributed by atoms with Crippen molar-refractivity contribution in [3.63, 3.8) is 0 Å². The van der Waals surface area contributed by atoms with Crippen LogP contribution in [0.3, 0.4) is 0 Å². The molecule has 0 spiro atoms. The molecule has 0 atom stereocenters. The lowest BCUT2D eigenvalue weighted by Crippen LogP contribution is -2.24. The van der Waals surface area contributed by atoms with Gasteiger partial charge in [-0.15, -0.1) is 10.2 Å². The number of hydrogen-bond donors (Lipinski definition) is 1. The second-order valence-corrected chi connectivity index (χ2v) is 6.51. The molecule has 8 nitrogen and oxygen atoms in total. The Morgan fingerprint density at radius 3 is 2.73 bits per heavy atom. The lowest BCUT2D eigenvalue weighted by atomic mass is 9.96. The number of anilines is 1. The second-order valence-electron chi connectivity index (χ2n) is 6.51. The summed E-state index contributed by atoms with van der Waals surface area (Å²) in [6.45, 7) is 0.00960. The quantitative estimate of drug-likeness (QED) is 0.763. The average molecular weight is 351 g/mol. The summed E-state index contributed by atoms with van der Waals surface area (Å²) in [7, 11) is 0. The zero-order valence-electron chi connectivity index (χ0n) is 14.5. The molecule has 1 aliphatic carbocycles. The SMILES string of the molecule is O=C(Cn1nnc(-c2ccccc2)n1)Nc1ccnn1C1CCCCC1. The topological polar surface area (TPSA) is 90.5 Å². The Balaban J connectivity index is 1.41. The number of rotatable bonds is 5. The number of amides is 1. The summed E-state index contributed by atoms with van der Waals surface area (Å²) in [6, 6.07) is 11.8. The van der Waals surface area contributed by atoms with Gasteiger partial charge >= 0.3 is 0 Å². The molecule has 1 aromatic carbocycles. The van der Waals surface area contributed by atoms with Gasteiger partial charge in [0.1, 0.15) is 12.4 Å². The number of benzene rings is 1. The molecule has 8 heteroatoms. The minimum absolute atomic E-state index is 0.00960. The molecule has 1 amide bonds. The van der Waals surface area contributed by atoms with Crippen molar-refractivity contribution in [2.24, 2.45) is 0 Å². The smallest absolute Gasteiger partial charge is 0.249 e. The molecule has 1 N–H and O–H groups in total. The summed E-state index contributed by atoms with van der Waals surface area (Å²) in [4.78, 5) is 13.7. The number of aromatic nitrogens is 6. The Hall–Kier alpha value is -3.03. The molecular formula is C18H21N7O. The maximum atomic E-state index is 12.4. The molecular weight excluding hydrogens is 330 g/mol. The van der Waals surface area contributed by atoms with Crippen LogP contribution >= 0.6 is 0 Å². The van der Waals surface area contributed by atoms with Crippen molar-refractivity contribution in [1.29, 1.82) is 0 Å². The lowest BCUT2D eigenvalue weighted by molar-refractivity contribution is -0.117. The van der Waals surface area contributed by atoms with E-state index in [2.05, 4.69) is 25.8 Å². The minimum Gasteiger partial charge on any atom is -0.309 e. The minimum atomic E-state index is -0.195. The highest BCUT2D eigenvalue weighted by atomic mass is 16.2. The number of carbonyl (C=O) groups excluding carboxylic acids is 1. The Labute approximate surface area is 151 Å². The van der Waals surface area contributed by atoms with Gasteiger partial charge in [-0.3, -0.25) is 4.79 Å². The number of nitrogens with zero attached hydrogens (tertiary/aromatic N) is 6. The van der Waals surface area contributed by atoms with E-state index in [9.17, 15) is 4.79 Å². The van der Waals surface area contributed by atoms with Crippen molar-refractivity contribution >= 4 is 11.7 Å². The molecule has 0 bridgehead atoms. The Morgan fingerprint density at radius 2 is 1.92 bits per heavy atom. The van der Waals surface area contributed by atoms with E-state index < -0.39 is 0 Å². The maximum Gasteiger partial charge on any atom is 0.249 e. The molecule has 3 aromatic rings. The zero-order valence-corrected chi connectivity index (χ0v) is 14.5. The third-order valence-corrected chi connectivity index (χ3v) is 4.63. The van der Waals surface area contributed by atoms with Crippen molar-refractivity contribution in [3.8, 4) is 11.4 Å². The van der Waals surface area contributed by atoms with E-state index in [1.54, 1.807) is 6.20 Å². The van der Waals surface area contributed by atoms with Gasteiger partial charge in [-0.25, -0.2) is 4.68 Å². The third kappa shape index (κ3) is 3.63. The first-order chi connectivity index (χ1) is 12.8. The highest BCUT2D eigenvalue weighted by Gasteiger charge is 2.19. The summed E-state index contributed by atoms with van der Waals surface area (Å²) in [5, 5.41) is 19.6. The largest absolute Gasteiger partial charge is 0.309 e. The van der Waals surface area contributed by atoms with Crippen molar-refractivity contribution in [2.75, 3.05) is 5.32 Å². The molecule has 4 rings (SSSR count). The highest BCUT2D eigenvalue weighted by Crippen LogP contribution is 2.29. The molecule has 0 aliphatic heterocycles. The molecule has 0 unspecified atom stereocenters. The van der Waals surface area contributed by atoms with E-state index in [4.69, 9.17) is 0 Å². The van der Waals surface area contributed by atoms with Crippen LogP contribution in [0.2, 0.25) is 0 Å². The van der Waals surface area contributed by atoms with Gasteiger partial charge in [-0.1, -0.05) is 49.6 Å². The van der Waals surface area contributed by atoms with Gasteiger partial charge in [-0.2, -0.15) is 9.90 Å². The normalized spacial score (nSPS) is 15.1. The monoisotopic (exact) mass is 351 g/mol. The molecule has 0 saturated heterocycles. The van der Waals surface area contributed by atoms with Crippen molar-refractivity contribution in [2.45, 2.75) is 44.7 Å². The Bertz CT molecular complexity index is 865. The van der Waals surface area contributed by atoms with E-state index in [0.717, 1.165) is 24.2 Å². The zero-order chi connectivity index (χ0) is 17.8. The molecule has 0 radical (unpaired) electrons. The molecule has 1 saturated carbocycles. The van der Waals surface area contributed by atoms with E-state index in [1.165, 1.54) is 24.1 Å². The average Bonchev–Trinajstić information content (AvgIpc) is 3.33. The van der Waals surface area contributed by atoms with Crippen LogP contribution in [0.25, 0.3) is 11.4 Å². The van der Waals surface area contributed by atoms with E-state index in [0.29, 0.717) is 11.9 Å². The standard InChI is InChI=1S/C18H21N7O/c26-17(13-24-22-18(21-23-24)14-7-3-1-4-8-14)20-16-11-12-19-25(16)15-9-5-2-6-10-15/h1,3-4,7-8,11-12,15H,2,5-6,9-10,13H2,(H,20,26). The molecule has 1 aliphatic rings. The number of hydrogen-bond acceptors (Lipinski definition) is 5. The van der Waals surface area contributed by atoms with Crippen LogP contribution in [0, 0.1) is 0 Å². The first-order valence-electron chi connectivity index (χ1n) is 8.96. The first kappa shape index (κ1) is 16.4. The van der Waals surface area contributed by atoms with Crippen LogP contribution in [-0.2, 0) is 11.3 Å². The van der Waals surface area contributed by atoms with Gasteiger partial charge < -0.3 is 5.32 Å². The van der Waals surface area contributed by atoms with Crippen LogP contribution in [0.4, 0.5) is 5.82 Å². The summed E-state index contributed by atoms with van der Waals surface area (Å²) in [6.07, 6.45) is 7.64. The highest BCUT2D eigenvalue weighted by molar-refractivity contribution is 5.89. The van der Waals surface area contributed by atoms with Crippen LogP contribution in [-0.4, -0.2) is 35.9 Å². The predicted molar refractivity (Wildman–Crippen MR) is 96.2 cm³/mol. The number of nitrogens with one attached hydrogen (secondary N) is 1. The Morgan fingerprint density at radius 1 is 1.12 bits per heavy atom. The van der Waals surface area contributed by atoms with Crippen molar-refractivity contribution in [3.05, 3.63) is 42.6 Å². The Kier molecular flexibility index (Phi) is 4.72. The summed E-state index contributed by atoms with van der Waals surface area (Å²) in [5.74, 6) is 1.04. The molecule has 1 fully saturated rings. The van der Waals surface area contributed by atoms with Crippen molar-refractivity contribution in [1.82, 2.24) is 30.0 Å². The van der Waals surface area contributed by atoms with Gasteiger partial charge in [0, 0.05) is 11.6 Å². The van der Waals surface area contributed by atoms with Gasteiger partial charge in [0.2, 0.25) is 11.7 Å². The molecule has 26 heavy (non-hydrogen) atoms. The predicted octanol–water partition coefficient (Wildman–Crippen LogP) is 2.68. The fourth-order valence-corrected chi connectivity index (χ4v) is 3.35. The number of carbonyl (C=O) groups is 1. The fraction of sp³-hybridized carbons (Fsp3) is 0.389. The fourth-order valence-electron chi connectivity index (χ4n) is 3.35. The third-order valence-electron chi connectivity index (χ3n) is 4.63. The van der Waals surface area contributed by atoms with Gasteiger partial charge in [0.15, 0.2) is 0 Å². The summed E-state index contributed by atoms with van der Waals surface area (Å²) in [5.41, 5.74) is 0.870. The first-order valence-corrected chi connectivity index (χ1v) is 8.96. The lowest BCUT2D eigenvalue weighted by Gasteiger charge is -2.23. The van der Waals surface area contributed by atoms with Crippen LogP contribution in [0.1, 0.15) is 38.1 Å². The van der Waals surface area contributed by atoms with Crippen molar-refractivity contribution < 1.29 is 4.79 Å². The summed E-state index contributed by atoms with van der Waals surface area (Å²) < 4.78 is 1.93. The van der Waals surface area contributed by atoms with E-state index in [1.807, 2.05) is 41.1 Å². The molecule has 134 valence electrons.